The third kappa shape index (κ3) is 4.36. The van der Waals surface area contributed by atoms with Gasteiger partial charge in [-0.2, -0.15) is 0 Å². The number of benzene rings is 1. The summed E-state index contributed by atoms with van der Waals surface area (Å²) in [6.07, 6.45) is 5.32. The van der Waals surface area contributed by atoms with E-state index in [1.165, 1.54) is 0 Å². The predicted molar refractivity (Wildman–Crippen MR) is 115 cm³/mol. The molecule has 3 heterocycles. The SMILES string of the molecule is COc1cccc(CN2CCC(c3cc(=O)[nH]c(-c4ccncc4)n3)CC2)c1OC. The number of ether oxygens (including phenoxy) is 2. The van der Waals surface area contributed by atoms with Crippen molar-refractivity contribution >= 4 is 0 Å². The number of hydrogen-bond donors (Lipinski definition) is 1. The maximum Gasteiger partial charge on any atom is 0.251 e. The number of nitrogens with zero attached hydrogens (tertiary/aromatic N) is 3. The van der Waals surface area contributed by atoms with Crippen molar-refractivity contribution in [2.45, 2.75) is 25.3 Å². The molecule has 0 amide bonds. The van der Waals surface area contributed by atoms with Gasteiger partial charge in [-0.15, -0.1) is 0 Å². The molecule has 0 radical (unpaired) electrons. The lowest BCUT2D eigenvalue weighted by atomic mass is 9.93. The van der Waals surface area contributed by atoms with E-state index >= 15 is 0 Å². The van der Waals surface area contributed by atoms with Gasteiger partial charge in [-0.3, -0.25) is 14.7 Å². The van der Waals surface area contributed by atoms with Crippen LogP contribution in [0, 0.1) is 0 Å². The van der Waals surface area contributed by atoms with Crippen LogP contribution in [-0.4, -0.2) is 47.2 Å². The molecule has 0 atom stereocenters. The van der Waals surface area contributed by atoms with Crippen LogP contribution in [0.25, 0.3) is 11.4 Å². The van der Waals surface area contributed by atoms with Crippen molar-refractivity contribution in [3.05, 3.63) is 70.4 Å². The molecule has 4 rings (SSSR count). The summed E-state index contributed by atoms with van der Waals surface area (Å²) in [6.45, 7) is 2.67. The van der Waals surface area contributed by atoms with Crippen LogP contribution in [0.4, 0.5) is 0 Å². The zero-order valence-corrected chi connectivity index (χ0v) is 17.3. The Morgan fingerprint density at radius 2 is 1.87 bits per heavy atom. The van der Waals surface area contributed by atoms with Crippen molar-refractivity contribution in [2.75, 3.05) is 27.3 Å². The molecule has 1 aliphatic rings. The van der Waals surface area contributed by atoms with Gasteiger partial charge in [0.15, 0.2) is 11.5 Å². The van der Waals surface area contributed by atoms with Gasteiger partial charge in [0.2, 0.25) is 0 Å². The zero-order chi connectivity index (χ0) is 20.9. The summed E-state index contributed by atoms with van der Waals surface area (Å²) < 4.78 is 11.0. The number of aromatic nitrogens is 3. The Balaban J connectivity index is 1.46. The maximum atomic E-state index is 12.2. The van der Waals surface area contributed by atoms with Gasteiger partial charge in [0, 0.05) is 42.0 Å². The Morgan fingerprint density at radius 3 is 2.57 bits per heavy atom. The number of methoxy groups -OCH3 is 2. The number of nitrogens with one attached hydrogen (secondary N) is 1. The third-order valence-corrected chi connectivity index (χ3v) is 5.60. The fourth-order valence-electron chi connectivity index (χ4n) is 4.04. The van der Waals surface area contributed by atoms with E-state index in [1.807, 2.05) is 24.3 Å². The second-order valence-electron chi connectivity index (χ2n) is 7.46. The van der Waals surface area contributed by atoms with Gasteiger partial charge in [0.05, 0.1) is 19.9 Å². The number of para-hydroxylation sites is 1. The highest BCUT2D eigenvalue weighted by Gasteiger charge is 2.24. The number of H-pyrrole nitrogens is 1. The fraction of sp³-hybridized carbons (Fsp3) is 0.348. The Hall–Kier alpha value is -3.19. The average molecular weight is 406 g/mol. The monoisotopic (exact) mass is 406 g/mol. The van der Waals surface area contributed by atoms with Crippen LogP contribution in [0.5, 0.6) is 11.5 Å². The van der Waals surface area contributed by atoms with Crippen LogP contribution in [-0.2, 0) is 6.54 Å². The first-order valence-corrected chi connectivity index (χ1v) is 10.1. The van der Waals surface area contributed by atoms with Crippen LogP contribution < -0.4 is 15.0 Å². The van der Waals surface area contributed by atoms with E-state index in [9.17, 15) is 4.79 Å². The maximum absolute atomic E-state index is 12.2. The predicted octanol–water partition coefficient (Wildman–Crippen LogP) is 3.23. The Bertz CT molecular complexity index is 1040. The van der Waals surface area contributed by atoms with E-state index in [-0.39, 0.29) is 11.5 Å². The minimum Gasteiger partial charge on any atom is -0.493 e. The van der Waals surface area contributed by atoms with Crippen LogP contribution in [0.3, 0.4) is 0 Å². The highest BCUT2D eigenvalue weighted by atomic mass is 16.5. The van der Waals surface area contributed by atoms with Crippen LogP contribution >= 0.6 is 0 Å². The van der Waals surface area contributed by atoms with Crippen molar-refractivity contribution in [2.24, 2.45) is 0 Å². The smallest absolute Gasteiger partial charge is 0.251 e. The quantitative estimate of drug-likeness (QED) is 0.677. The lowest BCUT2D eigenvalue weighted by Crippen LogP contribution is -2.33. The minimum absolute atomic E-state index is 0.115. The van der Waals surface area contributed by atoms with Gasteiger partial charge in [-0.25, -0.2) is 4.98 Å². The normalized spacial score (nSPS) is 15.1. The highest BCUT2D eigenvalue weighted by Crippen LogP contribution is 2.33. The number of likely N-dealkylation sites (tertiary alicyclic amines) is 1. The summed E-state index contributed by atoms with van der Waals surface area (Å²) >= 11 is 0. The molecule has 1 aromatic carbocycles. The number of rotatable bonds is 6. The fourth-order valence-corrected chi connectivity index (χ4v) is 4.04. The van der Waals surface area contributed by atoms with Crippen molar-refractivity contribution in [1.82, 2.24) is 19.9 Å². The third-order valence-electron chi connectivity index (χ3n) is 5.60. The van der Waals surface area contributed by atoms with Gasteiger partial charge in [0.1, 0.15) is 5.82 Å². The molecular weight excluding hydrogens is 380 g/mol. The van der Waals surface area contributed by atoms with Gasteiger partial charge in [-0.05, 0) is 44.1 Å². The molecular formula is C23H26N4O3. The first-order valence-electron chi connectivity index (χ1n) is 10.1. The van der Waals surface area contributed by atoms with Crippen molar-refractivity contribution in [3.63, 3.8) is 0 Å². The standard InChI is InChI=1S/C23H26N4O3/c1-29-20-5-3-4-18(22(20)30-2)15-27-12-8-16(9-13-27)19-14-21(28)26-23(25-19)17-6-10-24-11-7-17/h3-7,10-11,14,16H,8-9,12-13,15H2,1-2H3,(H,25,26,28). The average Bonchev–Trinajstić information content (AvgIpc) is 2.79. The van der Waals surface area contributed by atoms with E-state index < -0.39 is 0 Å². The van der Waals surface area contributed by atoms with Crippen LogP contribution in [0.2, 0.25) is 0 Å². The van der Waals surface area contributed by atoms with E-state index in [0.29, 0.717) is 5.82 Å². The lowest BCUT2D eigenvalue weighted by molar-refractivity contribution is 0.200. The molecule has 0 saturated carbocycles. The molecule has 0 spiro atoms. The summed E-state index contributed by atoms with van der Waals surface area (Å²) in [7, 11) is 3.33. The van der Waals surface area contributed by atoms with Gasteiger partial charge in [-0.1, -0.05) is 12.1 Å². The van der Waals surface area contributed by atoms with Crippen LogP contribution in [0.1, 0.15) is 30.0 Å². The lowest BCUT2D eigenvalue weighted by Gasteiger charge is -2.32. The molecule has 7 nitrogen and oxygen atoms in total. The first-order chi connectivity index (χ1) is 14.7. The number of piperidine rings is 1. The molecule has 3 aromatic rings. The zero-order valence-electron chi connectivity index (χ0n) is 17.3. The van der Waals surface area contributed by atoms with Gasteiger partial charge < -0.3 is 14.5 Å². The van der Waals surface area contributed by atoms with Gasteiger partial charge >= 0.3 is 0 Å². The molecule has 7 heteroatoms. The van der Waals surface area contributed by atoms with E-state index in [4.69, 9.17) is 14.5 Å². The Kier molecular flexibility index (Phi) is 6.09. The first kappa shape index (κ1) is 20.1. The number of pyridine rings is 1. The molecule has 0 unspecified atom stereocenters. The molecule has 1 fully saturated rings. The Morgan fingerprint density at radius 1 is 1.10 bits per heavy atom. The van der Waals surface area contributed by atoms with Crippen molar-refractivity contribution in [3.8, 4) is 22.9 Å². The van der Waals surface area contributed by atoms with E-state index in [2.05, 4.69) is 20.9 Å². The summed E-state index contributed by atoms with van der Waals surface area (Å²) in [5.41, 5.74) is 2.73. The molecule has 30 heavy (non-hydrogen) atoms. The topological polar surface area (TPSA) is 80.3 Å². The number of hydrogen-bond acceptors (Lipinski definition) is 6. The van der Waals surface area contributed by atoms with Gasteiger partial charge in [0.25, 0.3) is 5.56 Å². The molecule has 0 bridgehead atoms. The highest BCUT2D eigenvalue weighted by molar-refractivity contribution is 5.53. The molecule has 1 N–H and O–H groups in total. The molecule has 0 aliphatic carbocycles. The second kappa shape index (κ2) is 9.09. The number of aromatic amines is 1. The summed E-state index contributed by atoms with van der Waals surface area (Å²) in [6, 6.07) is 11.3. The van der Waals surface area contributed by atoms with E-state index in [0.717, 1.165) is 60.8 Å². The largest absolute Gasteiger partial charge is 0.493 e. The second-order valence-corrected chi connectivity index (χ2v) is 7.46. The summed E-state index contributed by atoms with van der Waals surface area (Å²) in [4.78, 5) is 26.2. The molecule has 1 saturated heterocycles. The summed E-state index contributed by atoms with van der Waals surface area (Å²) in [5, 5.41) is 0. The molecule has 1 aliphatic heterocycles. The molecule has 156 valence electrons. The minimum atomic E-state index is -0.115. The van der Waals surface area contributed by atoms with E-state index in [1.54, 1.807) is 32.7 Å². The van der Waals surface area contributed by atoms with Crippen LogP contribution in [0.15, 0.2) is 53.6 Å². The Labute approximate surface area is 175 Å². The van der Waals surface area contributed by atoms with Crippen molar-refractivity contribution in [1.29, 1.82) is 0 Å². The van der Waals surface area contributed by atoms with Crippen molar-refractivity contribution < 1.29 is 9.47 Å². The molecule has 2 aromatic heterocycles. The summed E-state index contributed by atoms with van der Waals surface area (Å²) in [5.74, 6) is 2.42.